The molecule has 0 spiro atoms. The topological polar surface area (TPSA) is 226 Å². The van der Waals surface area contributed by atoms with Gasteiger partial charge in [-0.1, -0.05) is 17.9 Å². The summed E-state index contributed by atoms with van der Waals surface area (Å²) in [5, 5.41) is 10.2. The molecule has 7 aromatic rings. The van der Waals surface area contributed by atoms with Crippen molar-refractivity contribution < 1.29 is 28.4 Å². The molecule has 0 bridgehead atoms. The average Bonchev–Trinajstić information content (AvgIpc) is 4.37. The van der Waals surface area contributed by atoms with Gasteiger partial charge in [-0.3, -0.25) is 48.3 Å². The van der Waals surface area contributed by atoms with E-state index in [0.29, 0.717) is 66.5 Å². The number of imide groups is 2. The first-order valence-corrected chi connectivity index (χ1v) is 27.8. The van der Waals surface area contributed by atoms with Gasteiger partial charge in [0.05, 0.1) is 47.0 Å². The van der Waals surface area contributed by atoms with Gasteiger partial charge in [-0.15, -0.1) is 0 Å². The van der Waals surface area contributed by atoms with E-state index in [9.17, 15) is 24.0 Å². The number of hydrogen-bond donors (Lipinski definition) is 3. The van der Waals surface area contributed by atoms with Gasteiger partial charge in [0.2, 0.25) is 17.7 Å². The Morgan fingerprint density at radius 1 is 0.840 bits per heavy atom. The molecule has 5 amide bonds. The Balaban J connectivity index is 0.540. The summed E-state index contributed by atoms with van der Waals surface area (Å²) in [4.78, 5) is 93.1. The van der Waals surface area contributed by atoms with Crippen molar-refractivity contribution in [2.24, 2.45) is 17.8 Å². The van der Waals surface area contributed by atoms with Crippen molar-refractivity contribution in [2.75, 3.05) is 79.8 Å². The second kappa shape index (κ2) is 21.2. The van der Waals surface area contributed by atoms with Crippen LogP contribution >= 0.6 is 0 Å². The molecule has 5 saturated heterocycles. The Hall–Kier alpha value is -9.03. The number of nitrogen functional groups attached to an aromatic ring is 1. The smallest absolute Gasteiger partial charge is 0.264 e. The molecule has 1 unspecified atom stereocenters. The lowest BCUT2D eigenvalue weighted by Crippen LogP contribution is -2.54. The quantitative estimate of drug-likeness (QED) is 0.106. The number of nitrogens with one attached hydrogen (secondary N) is 2. The second-order valence-corrected chi connectivity index (χ2v) is 22.1. The number of carbonyl (C=O) groups excluding carboxylic acids is 5. The van der Waals surface area contributed by atoms with Crippen LogP contribution in [0.3, 0.4) is 0 Å². The van der Waals surface area contributed by atoms with Gasteiger partial charge in [0.1, 0.15) is 34.8 Å². The molecular weight excluding hydrogens is 1030 g/mol. The van der Waals surface area contributed by atoms with Crippen LogP contribution < -0.4 is 26.2 Å². The number of likely N-dealkylation sites (tertiary alicyclic amines) is 2. The van der Waals surface area contributed by atoms with Crippen molar-refractivity contribution in [1.29, 1.82) is 0 Å². The van der Waals surface area contributed by atoms with Crippen LogP contribution in [0.2, 0.25) is 0 Å². The van der Waals surface area contributed by atoms with Crippen molar-refractivity contribution in [3.63, 3.8) is 0 Å². The molecule has 5 fully saturated rings. The maximum absolute atomic E-state index is 16.0. The third-order valence-corrected chi connectivity index (χ3v) is 17.0. The molecule has 21 heteroatoms. The highest BCUT2D eigenvalue weighted by Gasteiger charge is 2.46. The molecule has 2 aromatic carbocycles. The Morgan fingerprint density at radius 2 is 1.65 bits per heavy atom. The molecule has 11 heterocycles. The van der Waals surface area contributed by atoms with Gasteiger partial charge in [-0.05, 0) is 112 Å². The number of pyridine rings is 3. The molecule has 81 heavy (non-hydrogen) atoms. The van der Waals surface area contributed by atoms with E-state index in [1.165, 1.54) is 0 Å². The second-order valence-electron chi connectivity index (χ2n) is 22.1. The molecule has 412 valence electrons. The van der Waals surface area contributed by atoms with Crippen LogP contribution in [0.1, 0.15) is 82.2 Å². The SMILES string of the molecule is Cc1nc2ccc(-c3ccnc(N)c3)nc2n1-c1ccc(N2C[C@H]3CN(CC#Cc4ccc(N5CCC(C(=O)N6CCC(n7cc(CNc8cccc9c8C(=O)N(C8CCC(=O)NC8=O)C9=O)cn7)CC6)CC5)nc4)C[C@H]3C2)c(F)c1. The number of carbonyl (C=O) groups is 5. The first-order chi connectivity index (χ1) is 39.4. The largest absolute Gasteiger partial charge is 0.384 e. The van der Waals surface area contributed by atoms with Crippen LogP contribution in [0, 0.1) is 42.3 Å². The number of piperidine rings is 3. The number of amides is 5. The predicted octanol–water partition coefficient (Wildman–Crippen LogP) is 5.62. The predicted molar refractivity (Wildman–Crippen MR) is 300 cm³/mol. The summed E-state index contributed by atoms with van der Waals surface area (Å²) >= 11 is 0. The van der Waals surface area contributed by atoms with E-state index in [1.807, 2.05) is 75.9 Å². The van der Waals surface area contributed by atoms with E-state index in [-0.39, 0.29) is 47.7 Å². The number of rotatable bonds is 11. The zero-order valence-electron chi connectivity index (χ0n) is 44.8. The molecular formula is C60H60FN15O5. The van der Waals surface area contributed by atoms with E-state index in [4.69, 9.17) is 20.7 Å². The lowest BCUT2D eigenvalue weighted by Gasteiger charge is -2.37. The minimum Gasteiger partial charge on any atom is -0.384 e. The minimum atomic E-state index is -1.03. The van der Waals surface area contributed by atoms with Crippen LogP contribution in [0.15, 0.2) is 97.6 Å². The number of benzene rings is 2. The van der Waals surface area contributed by atoms with Crippen LogP contribution in [0.5, 0.6) is 0 Å². The van der Waals surface area contributed by atoms with E-state index in [1.54, 1.807) is 42.7 Å². The molecule has 3 atom stereocenters. The molecule has 6 aliphatic rings. The molecule has 6 aliphatic heterocycles. The normalized spacial score (nSPS) is 20.7. The third kappa shape index (κ3) is 9.97. The summed E-state index contributed by atoms with van der Waals surface area (Å²) in [6.45, 7) is 9.15. The van der Waals surface area contributed by atoms with E-state index in [2.05, 4.69) is 47.3 Å². The average molecular weight is 1090 g/mol. The summed E-state index contributed by atoms with van der Waals surface area (Å²) in [6.07, 6.45) is 10.5. The first-order valence-electron chi connectivity index (χ1n) is 27.8. The van der Waals surface area contributed by atoms with Crippen molar-refractivity contribution in [1.82, 2.24) is 54.3 Å². The number of aryl methyl sites for hydroxylation is 1. The number of nitrogens with zero attached hydrogens (tertiary/aromatic N) is 12. The van der Waals surface area contributed by atoms with Gasteiger partial charge < -0.3 is 25.8 Å². The van der Waals surface area contributed by atoms with Gasteiger partial charge in [0.15, 0.2) is 5.65 Å². The van der Waals surface area contributed by atoms with E-state index < -0.39 is 29.7 Å². The number of hydrogen-bond acceptors (Lipinski definition) is 15. The summed E-state index contributed by atoms with van der Waals surface area (Å²) in [6, 6.07) is 21.0. The lowest BCUT2D eigenvalue weighted by atomic mass is 9.93. The fraction of sp³-hybridized carbons (Fsp3) is 0.367. The fourth-order valence-corrected chi connectivity index (χ4v) is 12.8. The molecule has 13 rings (SSSR count). The van der Waals surface area contributed by atoms with Crippen molar-refractivity contribution in [3.05, 3.63) is 131 Å². The zero-order valence-corrected chi connectivity index (χ0v) is 44.8. The molecule has 20 nitrogen and oxygen atoms in total. The Kier molecular flexibility index (Phi) is 13.5. The standard InChI is InChI=1S/C60H60FN15O5/c1-36-67-49-10-9-47(40-15-20-63-52(62)26-40)68-56(49)75(36)44-8-11-50(46(61)27-44)73-34-41-32-70(33-42(41)35-73)21-3-4-37-7-13-53(65-28-37)71-22-16-39(17-23-71)58(79)72-24-18-43(19-25-72)74-31-38(30-66-74)29-64-48-6-2-5-45-55(48)60(81)76(59(45)80)51-12-14-54(77)69-57(51)78/h2,5-11,13,15,20,26-28,30-31,39,41-43,51,64H,12,14,16-19,21-25,29,32-35H2,1H3,(H2,62,63)(H,69,77,78)/t41-,42+,51?. The third-order valence-electron chi connectivity index (χ3n) is 17.0. The highest BCUT2D eigenvalue weighted by atomic mass is 19.1. The van der Waals surface area contributed by atoms with Crippen molar-refractivity contribution >= 4 is 63.7 Å². The zero-order chi connectivity index (χ0) is 55.5. The highest BCUT2D eigenvalue weighted by molar-refractivity contribution is 6.25. The number of nitrogens with two attached hydrogens (primary N) is 1. The number of imidazole rings is 1. The number of anilines is 4. The Labute approximate surface area is 466 Å². The van der Waals surface area contributed by atoms with Crippen molar-refractivity contribution in [3.8, 4) is 28.8 Å². The molecule has 0 saturated carbocycles. The monoisotopic (exact) mass is 1090 g/mol. The van der Waals surface area contributed by atoms with Gasteiger partial charge in [-0.2, -0.15) is 5.10 Å². The number of aromatic nitrogens is 7. The fourth-order valence-electron chi connectivity index (χ4n) is 12.8. The van der Waals surface area contributed by atoms with Crippen LogP contribution in [-0.2, 0) is 20.9 Å². The molecule has 5 aromatic heterocycles. The van der Waals surface area contributed by atoms with Crippen molar-refractivity contribution in [2.45, 2.75) is 64.1 Å². The maximum Gasteiger partial charge on any atom is 0.264 e. The molecule has 0 aliphatic carbocycles. The van der Waals surface area contributed by atoms with E-state index in [0.717, 1.165) is 109 Å². The summed E-state index contributed by atoms with van der Waals surface area (Å²) in [5.41, 5.74) is 12.8. The number of halogens is 1. The van der Waals surface area contributed by atoms with E-state index >= 15 is 4.39 Å². The first kappa shape index (κ1) is 51.4. The molecule has 0 radical (unpaired) electrons. The highest BCUT2D eigenvalue weighted by Crippen LogP contribution is 2.37. The molecule has 4 N–H and O–H groups in total. The summed E-state index contributed by atoms with van der Waals surface area (Å²) < 4.78 is 19.9. The van der Waals surface area contributed by atoms with Gasteiger partial charge >= 0.3 is 0 Å². The van der Waals surface area contributed by atoms with Crippen LogP contribution in [0.25, 0.3) is 28.1 Å². The van der Waals surface area contributed by atoms with Crippen LogP contribution in [-0.4, -0.2) is 143 Å². The lowest BCUT2D eigenvalue weighted by molar-refractivity contribution is -0.138. The van der Waals surface area contributed by atoms with Gasteiger partial charge in [0, 0.05) is 118 Å². The Bertz CT molecular complexity index is 3710. The summed E-state index contributed by atoms with van der Waals surface area (Å²) in [5.74, 6) is 7.31. The summed E-state index contributed by atoms with van der Waals surface area (Å²) in [7, 11) is 0. The minimum absolute atomic E-state index is 0.0310. The van der Waals surface area contributed by atoms with Gasteiger partial charge in [-0.25, -0.2) is 24.3 Å². The number of fused-ring (bicyclic) bond motifs is 3. The maximum atomic E-state index is 16.0. The van der Waals surface area contributed by atoms with Gasteiger partial charge in [0.25, 0.3) is 11.8 Å². The van der Waals surface area contributed by atoms with Crippen LogP contribution in [0.4, 0.5) is 27.4 Å². The Morgan fingerprint density at radius 3 is 2.41 bits per heavy atom.